The van der Waals surface area contributed by atoms with Gasteiger partial charge in [0.05, 0.1) is 4.88 Å². The minimum atomic E-state index is -0.567. The molecule has 0 saturated carbocycles. The summed E-state index contributed by atoms with van der Waals surface area (Å²) in [6.07, 6.45) is 1.94. The Morgan fingerprint density at radius 1 is 1.27 bits per heavy atom. The van der Waals surface area contributed by atoms with Gasteiger partial charge in [0.15, 0.2) is 0 Å². The molecule has 2 rings (SSSR count). The number of nitrogens with one attached hydrogen (secondary N) is 2. The van der Waals surface area contributed by atoms with Crippen molar-refractivity contribution in [3.8, 4) is 0 Å². The van der Waals surface area contributed by atoms with Gasteiger partial charge < -0.3 is 15.5 Å². The van der Waals surface area contributed by atoms with Crippen LogP contribution in [0.1, 0.15) is 49.7 Å². The van der Waals surface area contributed by atoms with Gasteiger partial charge in [0.1, 0.15) is 6.04 Å². The zero-order valence-electron chi connectivity index (χ0n) is 15.8. The molecule has 1 aromatic rings. The smallest absolute Gasteiger partial charge is 0.262 e. The van der Waals surface area contributed by atoms with E-state index in [1.165, 1.54) is 11.3 Å². The van der Waals surface area contributed by atoms with Gasteiger partial charge in [0.2, 0.25) is 11.8 Å². The summed E-state index contributed by atoms with van der Waals surface area (Å²) in [6.45, 7) is 7.79. The minimum Gasteiger partial charge on any atom is -0.354 e. The van der Waals surface area contributed by atoms with Crippen LogP contribution in [0.15, 0.2) is 17.5 Å². The number of hydrogen-bond acceptors (Lipinski definition) is 4. The van der Waals surface area contributed by atoms with Crippen LogP contribution in [0.3, 0.4) is 0 Å². The van der Waals surface area contributed by atoms with Gasteiger partial charge in [-0.15, -0.1) is 11.3 Å². The second-order valence-electron chi connectivity index (χ2n) is 7.14. The fourth-order valence-corrected chi connectivity index (χ4v) is 3.76. The third kappa shape index (κ3) is 5.56. The topological polar surface area (TPSA) is 78.5 Å². The largest absolute Gasteiger partial charge is 0.354 e. The molecule has 1 aliphatic heterocycles. The number of likely N-dealkylation sites (tertiary alicyclic amines) is 1. The van der Waals surface area contributed by atoms with Crippen molar-refractivity contribution in [2.45, 2.75) is 46.1 Å². The van der Waals surface area contributed by atoms with Gasteiger partial charge in [0, 0.05) is 26.1 Å². The Morgan fingerprint density at radius 3 is 2.50 bits per heavy atom. The van der Waals surface area contributed by atoms with Crippen molar-refractivity contribution < 1.29 is 14.4 Å². The Morgan fingerprint density at radius 2 is 1.96 bits per heavy atom. The monoisotopic (exact) mass is 379 g/mol. The zero-order valence-corrected chi connectivity index (χ0v) is 16.6. The molecule has 6 nitrogen and oxygen atoms in total. The van der Waals surface area contributed by atoms with Crippen LogP contribution < -0.4 is 10.6 Å². The van der Waals surface area contributed by atoms with Crippen molar-refractivity contribution >= 4 is 29.1 Å². The lowest BCUT2D eigenvalue weighted by atomic mass is 9.88. The van der Waals surface area contributed by atoms with Crippen LogP contribution in [0.5, 0.6) is 0 Å². The lowest BCUT2D eigenvalue weighted by Crippen LogP contribution is -2.54. The molecule has 26 heavy (non-hydrogen) atoms. The maximum absolute atomic E-state index is 12.7. The first-order valence-corrected chi connectivity index (χ1v) is 10.2. The van der Waals surface area contributed by atoms with Crippen LogP contribution in [-0.2, 0) is 9.59 Å². The first kappa shape index (κ1) is 20.4. The van der Waals surface area contributed by atoms with Gasteiger partial charge in [-0.05, 0) is 36.1 Å². The third-order valence-electron chi connectivity index (χ3n) is 4.66. The molecule has 1 aromatic heterocycles. The summed E-state index contributed by atoms with van der Waals surface area (Å²) in [5.74, 6) is 0.177. The average Bonchev–Trinajstić information content (AvgIpc) is 3.18. The molecule has 2 heterocycles. The third-order valence-corrected chi connectivity index (χ3v) is 5.53. The summed E-state index contributed by atoms with van der Waals surface area (Å²) in [6, 6.07) is 3.01. The maximum atomic E-state index is 12.7. The molecule has 0 spiro atoms. The molecule has 0 radical (unpaired) electrons. The molecule has 0 aliphatic carbocycles. The number of rotatable bonds is 7. The van der Waals surface area contributed by atoms with Crippen molar-refractivity contribution in [3.05, 3.63) is 22.4 Å². The summed E-state index contributed by atoms with van der Waals surface area (Å²) in [5.41, 5.74) is 0. The van der Waals surface area contributed by atoms with E-state index in [9.17, 15) is 14.4 Å². The van der Waals surface area contributed by atoms with Crippen LogP contribution in [0, 0.1) is 11.8 Å². The number of carbonyl (C=O) groups excluding carboxylic acids is 3. The molecule has 1 saturated heterocycles. The Kier molecular flexibility index (Phi) is 7.63. The van der Waals surface area contributed by atoms with Crippen molar-refractivity contribution in [1.82, 2.24) is 15.5 Å². The Labute approximate surface area is 159 Å². The molecule has 144 valence electrons. The fraction of sp³-hybridized carbons (Fsp3) is 0.632. The predicted molar refractivity (Wildman–Crippen MR) is 103 cm³/mol. The SMILES string of the molecule is CCC(=O)N1CCC([C@@H](NC(=O)c2cccs2)C(=O)NCC(C)C)CC1. The molecule has 1 fully saturated rings. The summed E-state index contributed by atoms with van der Waals surface area (Å²) in [5, 5.41) is 7.72. The van der Waals surface area contributed by atoms with Gasteiger partial charge in [-0.3, -0.25) is 14.4 Å². The highest BCUT2D eigenvalue weighted by Crippen LogP contribution is 2.22. The first-order chi connectivity index (χ1) is 12.4. The maximum Gasteiger partial charge on any atom is 0.262 e. The van der Waals surface area contributed by atoms with Gasteiger partial charge in [-0.2, -0.15) is 0 Å². The quantitative estimate of drug-likeness (QED) is 0.763. The first-order valence-electron chi connectivity index (χ1n) is 9.32. The van der Waals surface area contributed by atoms with E-state index in [0.29, 0.717) is 36.9 Å². The number of amides is 3. The van der Waals surface area contributed by atoms with Gasteiger partial charge >= 0.3 is 0 Å². The predicted octanol–water partition coefficient (Wildman–Crippen LogP) is 2.27. The van der Waals surface area contributed by atoms with E-state index in [-0.39, 0.29) is 23.6 Å². The Balaban J connectivity index is 2.04. The van der Waals surface area contributed by atoms with Crippen LogP contribution >= 0.6 is 11.3 Å². The normalized spacial score (nSPS) is 16.4. The van der Waals surface area contributed by atoms with Gasteiger partial charge in [-0.25, -0.2) is 0 Å². The van der Waals surface area contributed by atoms with E-state index in [0.717, 1.165) is 12.8 Å². The molecule has 0 unspecified atom stereocenters. The number of hydrogen-bond donors (Lipinski definition) is 2. The van der Waals surface area contributed by atoms with Crippen LogP contribution in [0.25, 0.3) is 0 Å². The fourth-order valence-electron chi connectivity index (χ4n) is 3.14. The lowest BCUT2D eigenvalue weighted by molar-refractivity contribution is -0.132. The van der Waals surface area contributed by atoms with Gasteiger partial charge in [-0.1, -0.05) is 26.8 Å². The molecule has 3 amide bonds. The van der Waals surface area contributed by atoms with Crippen molar-refractivity contribution in [2.75, 3.05) is 19.6 Å². The van der Waals surface area contributed by atoms with E-state index in [4.69, 9.17) is 0 Å². The lowest BCUT2D eigenvalue weighted by Gasteiger charge is -2.35. The summed E-state index contributed by atoms with van der Waals surface area (Å²) in [4.78, 5) is 39.5. The highest BCUT2D eigenvalue weighted by molar-refractivity contribution is 7.12. The second kappa shape index (κ2) is 9.71. The zero-order chi connectivity index (χ0) is 19.1. The van der Waals surface area contributed by atoms with E-state index < -0.39 is 6.04 Å². The molecule has 1 aliphatic rings. The number of nitrogens with zero attached hydrogens (tertiary/aromatic N) is 1. The number of thiophene rings is 1. The highest BCUT2D eigenvalue weighted by Gasteiger charge is 2.33. The van der Waals surface area contributed by atoms with Crippen molar-refractivity contribution in [3.63, 3.8) is 0 Å². The van der Waals surface area contributed by atoms with Crippen molar-refractivity contribution in [2.24, 2.45) is 11.8 Å². The minimum absolute atomic E-state index is 0.0342. The molecular weight excluding hydrogens is 350 g/mol. The molecule has 1 atom stereocenters. The molecule has 2 N–H and O–H groups in total. The molecule has 0 aromatic carbocycles. The van der Waals surface area contributed by atoms with E-state index in [1.807, 2.05) is 37.1 Å². The molecule has 7 heteroatoms. The average molecular weight is 380 g/mol. The van der Waals surface area contributed by atoms with Crippen LogP contribution in [0.2, 0.25) is 0 Å². The Hall–Kier alpha value is -1.89. The van der Waals surface area contributed by atoms with E-state index in [2.05, 4.69) is 10.6 Å². The Bertz CT molecular complexity index is 608. The van der Waals surface area contributed by atoms with Gasteiger partial charge in [0.25, 0.3) is 5.91 Å². The van der Waals surface area contributed by atoms with Crippen molar-refractivity contribution in [1.29, 1.82) is 0 Å². The van der Waals surface area contributed by atoms with E-state index >= 15 is 0 Å². The van der Waals surface area contributed by atoms with Crippen LogP contribution in [0.4, 0.5) is 0 Å². The summed E-state index contributed by atoms with van der Waals surface area (Å²) < 4.78 is 0. The highest BCUT2D eigenvalue weighted by atomic mass is 32.1. The number of piperidine rings is 1. The summed E-state index contributed by atoms with van der Waals surface area (Å²) >= 11 is 1.36. The van der Waals surface area contributed by atoms with E-state index in [1.54, 1.807) is 6.07 Å². The van der Waals surface area contributed by atoms with Crippen LogP contribution in [-0.4, -0.2) is 48.3 Å². The summed E-state index contributed by atoms with van der Waals surface area (Å²) in [7, 11) is 0. The molecule has 0 bridgehead atoms. The standard InChI is InChI=1S/C19H29N3O3S/c1-4-16(23)22-9-7-14(8-10-22)17(19(25)20-12-13(2)3)21-18(24)15-6-5-11-26-15/h5-6,11,13-14,17H,4,7-10,12H2,1-3H3,(H,20,25)(H,21,24)/t17-/m1/s1. The second-order valence-corrected chi connectivity index (χ2v) is 8.09. The molecular formula is C19H29N3O3S. The number of carbonyl (C=O) groups is 3.